The molecule has 142 valence electrons. The Labute approximate surface area is 162 Å². The maximum absolute atomic E-state index is 12.9. The van der Waals surface area contributed by atoms with Gasteiger partial charge in [0, 0.05) is 22.6 Å². The number of fused-ring (bicyclic) bond motifs is 1. The third-order valence-corrected chi connectivity index (χ3v) is 4.81. The lowest BCUT2D eigenvalue weighted by Crippen LogP contribution is -2.19. The molecule has 1 heterocycles. The largest absolute Gasteiger partial charge is 0.351 e. The smallest absolute Gasteiger partial charge is 0.316 e. The van der Waals surface area contributed by atoms with Crippen molar-refractivity contribution >= 4 is 23.3 Å². The second-order valence-electron chi connectivity index (χ2n) is 6.90. The monoisotopic (exact) mass is 375 g/mol. The van der Waals surface area contributed by atoms with E-state index in [2.05, 4.69) is 15.7 Å². The van der Waals surface area contributed by atoms with Crippen molar-refractivity contribution in [3.05, 3.63) is 71.0 Å². The fourth-order valence-corrected chi connectivity index (χ4v) is 3.53. The lowest BCUT2D eigenvalue weighted by molar-refractivity contribution is 0.102. The van der Waals surface area contributed by atoms with E-state index in [1.54, 1.807) is 24.3 Å². The molecule has 0 atom stereocenters. The normalized spacial score (nSPS) is 12.5. The number of amides is 3. The Kier molecular flexibility index (Phi) is 4.57. The van der Waals surface area contributed by atoms with Crippen LogP contribution in [-0.2, 0) is 12.8 Å². The number of rotatable bonds is 4. The quantitative estimate of drug-likeness (QED) is 0.651. The first-order chi connectivity index (χ1) is 13.5. The number of hydrogen-bond acceptors (Lipinski definition) is 3. The van der Waals surface area contributed by atoms with Gasteiger partial charge in [-0.1, -0.05) is 23.8 Å². The standard InChI is InChI=1S/C21H21N5O2/c1-13-8-10-16(11-9-13)26-18-7-3-6-17(18)19(25-26)20(27)23-14-4-2-5-15(12-14)24-21(22)28/h2,4-5,8-12H,3,6-7H2,1H3,(H,23,27)(H3,22,24,28). The minimum absolute atomic E-state index is 0.264. The fraction of sp³-hybridized carbons (Fsp3) is 0.190. The molecule has 0 radical (unpaired) electrons. The van der Waals surface area contributed by atoms with E-state index in [0.717, 1.165) is 36.2 Å². The molecule has 3 aromatic rings. The molecule has 1 aliphatic rings. The van der Waals surface area contributed by atoms with Crippen LogP contribution in [0.3, 0.4) is 0 Å². The summed E-state index contributed by atoms with van der Waals surface area (Å²) in [6, 6.07) is 14.3. The number of carbonyl (C=O) groups excluding carboxylic acids is 2. The highest BCUT2D eigenvalue weighted by Gasteiger charge is 2.27. The van der Waals surface area contributed by atoms with Gasteiger partial charge in [0.15, 0.2) is 5.69 Å². The zero-order chi connectivity index (χ0) is 19.7. The minimum atomic E-state index is -0.655. The van der Waals surface area contributed by atoms with Gasteiger partial charge in [-0.25, -0.2) is 9.48 Å². The molecule has 2 aromatic carbocycles. The van der Waals surface area contributed by atoms with Crippen molar-refractivity contribution < 1.29 is 9.59 Å². The first kappa shape index (κ1) is 17.8. The van der Waals surface area contributed by atoms with Gasteiger partial charge in [-0.05, 0) is 56.5 Å². The first-order valence-electron chi connectivity index (χ1n) is 9.17. The predicted molar refractivity (Wildman–Crippen MR) is 108 cm³/mol. The van der Waals surface area contributed by atoms with Crippen molar-refractivity contribution in [2.24, 2.45) is 5.73 Å². The number of urea groups is 1. The predicted octanol–water partition coefficient (Wildman–Crippen LogP) is 3.41. The fourth-order valence-electron chi connectivity index (χ4n) is 3.53. The number of nitrogens with zero attached hydrogens (tertiary/aromatic N) is 2. The lowest BCUT2D eigenvalue weighted by Gasteiger charge is -2.07. The topological polar surface area (TPSA) is 102 Å². The summed E-state index contributed by atoms with van der Waals surface area (Å²) in [6.45, 7) is 2.04. The molecule has 1 aromatic heterocycles. The van der Waals surface area contributed by atoms with Crippen LogP contribution in [0.2, 0.25) is 0 Å². The van der Waals surface area contributed by atoms with Crippen LogP contribution in [0.25, 0.3) is 5.69 Å². The molecule has 28 heavy (non-hydrogen) atoms. The number of nitrogens with two attached hydrogens (primary N) is 1. The van der Waals surface area contributed by atoms with Gasteiger partial charge in [-0.15, -0.1) is 0 Å². The van der Waals surface area contributed by atoms with E-state index in [1.807, 2.05) is 35.9 Å². The zero-order valence-corrected chi connectivity index (χ0v) is 15.5. The number of aromatic nitrogens is 2. The number of nitrogens with one attached hydrogen (secondary N) is 2. The van der Waals surface area contributed by atoms with Gasteiger partial charge in [-0.3, -0.25) is 4.79 Å². The third-order valence-electron chi connectivity index (χ3n) is 4.81. The summed E-state index contributed by atoms with van der Waals surface area (Å²) in [6.07, 6.45) is 2.76. The number of carbonyl (C=O) groups is 2. The summed E-state index contributed by atoms with van der Waals surface area (Å²) in [5.74, 6) is -0.264. The Morgan fingerprint density at radius 3 is 2.46 bits per heavy atom. The Bertz CT molecular complexity index is 1050. The molecule has 0 saturated carbocycles. The molecule has 0 bridgehead atoms. The van der Waals surface area contributed by atoms with Gasteiger partial charge >= 0.3 is 6.03 Å². The average molecular weight is 375 g/mol. The number of aryl methyl sites for hydroxylation is 1. The van der Waals surface area contributed by atoms with E-state index < -0.39 is 6.03 Å². The average Bonchev–Trinajstić information content (AvgIpc) is 3.25. The van der Waals surface area contributed by atoms with Crippen molar-refractivity contribution in [2.45, 2.75) is 26.2 Å². The second-order valence-corrected chi connectivity index (χ2v) is 6.90. The number of primary amides is 1. The van der Waals surface area contributed by atoms with Gasteiger partial charge in [0.1, 0.15) is 0 Å². The molecule has 0 saturated heterocycles. The van der Waals surface area contributed by atoms with E-state index in [1.165, 1.54) is 5.56 Å². The minimum Gasteiger partial charge on any atom is -0.351 e. The van der Waals surface area contributed by atoms with Crippen LogP contribution in [0.15, 0.2) is 48.5 Å². The van der Waals surface area contributed by atoms with Crippen molar-refractivity contribution in [3.8, 4) is 5.69 Å². The van der Waals surface area contributed by atoms with E-state index in [4.69, 9.17) is 5.73 Å². The molecule has 4 N–H and O–H groups in total. The Morgan fingerprint density at radius 2 is 1.75 bits per heavy atom. The highest BCUT2D eigenvalue weighted by Crippen LogP contribution is 2.28. The second kappa shape index (κ2) is 7.19. The Balaban J connectivity index is 1.63. The molecule has 0 unspecified atom stereocenters. The summed E-state index contributed by atoms with van der Waals surface area (Å²) in [5, 5.41) is 9.98. The SMILES string of the molecule is Cc1ccc(-n2nc(C(=O)Nc3cccc(NC(N)=O)c3)c3c2CCC3)cc1. The molecule has 3 amide bonds. The zero-order valence-electron chi connectivity index (χ0n) is 15.5. The molecule has 7 heteroatoms. The van der Waals surface area contributed by atoms with E-state index in [-0.39, 0.29) is 5.91 Å². The summed E-state index contributed by atoms with van der Waals surface area (Å²) in [4.78, 5) is 23.9. The molecule has 0 aliphatic heterocycles. The van der Waals surface area contributed by atoms with Crippen LogP contribution in [0, 0.1) is 6.92 Å². The maximum atomic E-state index is 12.9. The van der Waals surface area contributed by atoms with Gasteiger partial charge < -0.3 is 16.4 Å². The van der Waals surface area contributed by atoms with Crippen molar-refractivity contribution in [1.29, 1.82) is 0 Å². The van der Waals surface area contributed by atoms with Crippen LogP contribution in [0.5, 0.6) is 0 Å². The van der Waals surface area contributed by atoms with Crippen molar-refractivity contribution in [2.75, 3.05) is 10.6 Å². The van der Waals surface area contributed by atoms with Crippen LogP contribution in [0.1, 0.15) is 33.7 Å². The summed E-state index contributed by atoms with van der Waals surface area (Å²) in [5.41, 5.74) is 10.9. The molecule has 7 nitrogen and oxygen atoms in total. The lowest BCUT2D eigenvalue weighted by atomic mass is 10.2. The molecule has 4 rings (SSSR count). The maximum Gasteiger partial charge on any atom is 0.316 e. The number of hydrogen-bond donors (Lipinski definition) is 3. The van der Waals surface area contributed by atoms with Gasteiger partial charge in [0.2, 0.25) is 0 Å². The van der Waals surface area contributed by atoms with Gasteiger partial charge in [-0.2, -0.15) is 5.10 Å². The molecule has 0 spiro atoms. The molecule has 1 aliphatic carbocycles. The number of benzene rings is 2. The van der Waals surface area contributed by atoms with E-state index in [9.17, 15) is 9.59 Å². The highest BCUT2D eigenvalue weighted by molar-refractivity contribution is 6.04. The first-order valence-corrected chi connectivity index (χ1v) is 9.17. The van der Waals surface area contributed by atoms with Crippen LogP contribution in [-0.4, -0.2) is 21.7 Å². The summed E-state index contributed by atoms with van der Waals surface area (Å²) < 4.78 is 1.88. The van der Waals surface area contributed by atoms with Gasteiger partial charge in [0.25, 0.3) is 5.91 Å². The van der Waals surface area contributed by atoms with E-state index in [0.29, 0.717) is 17.1 Å². The van der Waals surface area contributed by atoms with Crippen LogP contribution in [0.4, 0.5) is 16.2 Å². The van der Waals surface area contributed by atoms with Crippen molar-refractivity contribution in [1.82, 2.24) is 9.78 Å². The molecular formula is C21H21N5O2. The molecular weight excluding hydrogens is 354 g/mol. The Hall–Kier alpha value is -3.61. The number of anilines is 2. The van der Waals surface area contributed by atoms with Crippen LogP contribution < -0.4 is 16.4 Å². The summed E-state index contributed by atoms with van der Waals surface area (Å²) >= 11 is 0. The van der Waals surface area contributed by atoms with Gasteiger partial charge in [0.05, 0.1) is 5.69 Å². The third kappa shape index (κ3) is 3.46. The van der Waals surface area contributed by atoms with E-state index >= 15 is 0 Å². The van der Waals surface area contributed by atoms with Crippen LogP contribution >= 0.6 is 0 Å². The highest BCUT2D eigenvalue weighted by atomic mass is 16.2. The molecule has 0 fully saturated rings. The summed E-state index contributed by atoms with van der Waals surface area (Å²) in [7, 11) is 0. The van der Waals surface area contributed by atoms with Crippen molar-refractivity contribution in [3.63, 3.8) is 0 Å². The Morgan fingerprint density at radius 1 is 1.04 bits per heavy atom.